The quantitative estimate of drug-likeness (QED) is 0.569. The Hall–Kier alpha value is -0.0866. The summed E-state index contributed by atoms with van der Waals surface area (Å²) in [6, 6.07) is 5.80. The fraction of sp³-hybridized carbons (Fsp3) is 0.250. The van der Waals surface area contributed by atoms with Gasteiger partial charge in [-0.25, -0.2) is 0 Å². The van der Waals surface area contributed by atoms with Crippen LogP contribution in [0, 0.1) is 6.07 Å². The second-order valence-corrected chi connectivity index (χ2v) is 2.12. The first kappa shape index (κ1) is 13.9. The summed E-state index contributed by atoms with van der Waals surface area (Å²) < 4.78 is 40.9. The fourth-order valence-corrected chi connectivity index (χ4v) is 0.816. The first-order chi connectivity index (χ1) is 6.55. The predicted molar refractivity (Wildman–Crippen MR) is 45.8 cm³/mol. The van der Waals surface area contributed by atoms with Gasteiger partial charge in [-0.1, -0.05) is 0 Å². The molecule has 0 aliphatic carbocycles. The van der Waals surface area contributed by atoms with E-state index in [0.717, 1.165) is 6.07 Å². The fourth-order valence-electron chi connectivity index (χ4n) is 0.816. The van der Waals surface area contributed by atoms with Gasteiger partial charge in [-0.05, 0) is 5.56 Å². The molecule has 1 aromatic rings. The number of ether oxygens (including phenoxy) is 1. The second kappa shape index (κ2) is 6.41. The molecule has 0 amide bonds. The number of methoxy groups -OCH3 is 1. The van der Waals surface area contributed by atoms with Crippen molar-refractivity contribution in [2.75, 3.05) is 7.11 Å². The molecule has 0 aliphatic heterocycles. The van der Waals surface area contributed by atoms with Gasteiger partial charge < -0.3 is 4.74 Å². The van der Waals surface area contributed by atoms with Crippen LogP contribution in [-0.4, -0.2) is 7.11 Å². The summed E-state index contributed by atoms with van der Waals surface area (Å²) in [5.74, 6) is -0.179. The first-order valence-electron chi connectivity index (χ1n) is 3.43. The molecule has 6 heteroatoms. The molecule has 1 rings (SSSR count). The molecule has 0 radical (unpaired) electrons. The molecule has 1 nitrogen and oxygen atoms in total. The van der Waals surface area contributed by atoms with Gasteiger partial charge in [-0.2, -0.15) is 31.4 Å². The average Bonchev–Trinajstić information content (AvgIpc) is 2.19. The van der Waals surface area contributed by atoms with E-state index >= 15 is 0 Å². The zero-order valence-electron chi connectivity index (χ0n) is 7.36. The van der Waals surface area contributed by atoms with Crippen LogP contribution < -0.4 is 4.74 Å². The van der Waals surface area contributed by atoms with E-state index < -0.39 is 11.7 Å². The zero-order valence-corrected chi connectivity index (χ0v) is 11.9. The number of benzene rings is 1. The van der Waals surface area contributed by atoms with E-state index in [9.17, 15) is 13.2 Å². The average molecular weight is 320 g/mol. The molecule has 0 saturated carbocycles. The van der Waals surface area contributed by atoms with E-state index in [2.05, 4.69) is 24.4 Å². The SMILES string of the molecule is COc1cc[c-]cc1C(F)(F)F.[Zn+][Br]. The van der Waals surface area contributed by atoms with Crippen LogP contribution in [-0.2, 0) is 22.5 Å². The molecule has 0 saturated heterocycles. The van der Waals surface area contributed by atoms with Crippen molar-refractivity contribution in [3.05, 3.63) is 29.8 Å². The molecule has 0 aromatic heterocycles. The summed E-state index contributed by atoms with van der Waals surface area (Å²) in [6.45, 7) is 0. The van der Waals surface area contributed by atoms with E-state index in [1.165, 1.54) is 35.6 Å². The minimum atomic E-state index is -4.37. The maximum atomic E-state index is 12.1. The molecule has 1 aromatic carbocycles. The third kappa shape index (κ3) is 3.97. The Morgan fingerprint density at radius 1 is 1.43 bits per heavy atom. The summed E-state index contributed by atoms with van der Waals surface area (Å²) in [7, 11) is 1.20. The summed E-state index contributed by atoms with van der Waals surface area (Å²) >= 11 is 4.25. The Labute approximate surface area is 96.7 Å². The molecule has 0 aliphatic rings. The van der Waals surface area contributed by atoms with Crippen molar-refractivity contribution >= 4 is 13.6 Å². The van der Waals surface area contributed by atoms with Crippen molar-refractivity contribution in [1.29, 1.82) is 0 Å². The van der Waals surface area contributed by atoms with Crippen LogP contribution in [0.3, 0.4) is 0 Å². The van der Waals surface area contributed by atoms with E-state index in [1.54, 1.807) is 0 Å². The van der Waals surface area contributed by atoms with Gasteiger partial charge in [0.25, 0.3) is 0 Å². The van der Waals surface area contributed by atoms with Crippen molar-refractivity contribution in [2.24, 2.45) is 0 Å². The van der Waals surface area contributed by atoms with Gasteiger partial charge in [0.1, 0.15) is 0 Å². The molecule has 14 heavy (non-hydrogen) atoms. The number of hydrogen-bond donors (Lipinski definition) is 0. The van der Waals surface area contributed by atoms with Crippen molar-refractivity contribution in [1.82, 2.24) is 0 Å². The van der Waals surface area contributed by atoms with Crippen molar-refractivity contribution in [2.45, 2.75) is 6.18 Å². The Balaban J connectivity index is 0.000000791. The van der Waals surface area contributed by atoms with E-state index in [4.69, 9.17) is 0 Å². The number of alkyl halides is 3. The van der Waals surface area contributed by atoms with Gasteiger partial charge in [0.15, 0.2) is 0 Å². The topological polar surface area (TPSA) is 9.23 Å². The molecular weight excluding hydrogens is 314 g/mol. The van der Waals surface area contributed by atoms with Crippen molar-refractivity contribution in [3.63, 3.8) is 0 Å². The van der Waals surface area contributed by atoms with Crippen LogP contribution in [0.15, 0.2) is 18.2 Å². The molecule has 0 unspecified atom stereocenters. The van der Waals surface area contributed by atoms with Crippen molar-refractivity contribution < 1.29 is 34.3 Å². The molecule has 74 valence electrons. The number of hydrogen-bond acceptors (Lipinski definition) is 1. The Bertz CT molecular complexity index is 278. The second-order valence-electron chi connectivity index (χ2n) is 2.12. The number of halogens is 4. The molecule has 0 fully saturated rings. The Morgan fingerprint density at radius 2 is 2.00 bits per heavy atom. The molecule has 0 spiro atoms. The first-order valence-corrected chi connectivity index (χ1v) is 10.4. The molecular formula is C8H6BrF3OZn. The standard InChI is InChI=1S/C8H6F3O.BrH.Zn/c1-12-7-5-3-2-4-6(7)8(9,10)11;;/h3-5H,1H3;1H;/q-1;;+2/p-1. The van der Waals surface area contributed by atoms with Crippen LogP contribution in [0.2, 0.25) is 0 Å². The van der Waals surface area contributed by atoms with Crippen LogP contribution in [0.5, 0.6) is 5.75 Å². The van der Waals surface area contributed by atoms with Gasteiger partial charge in [0, 0.05) is 5.75 Å². The molecule has 0 bridgehead atoms. The number of rotatable bonds is 1. The molecule has 0 heterocycles. The van der Waals surface area contributed by atoms with Crippen molar-refractivity contribution in [3.8, 4) is 5.75 Å². The molecule has 0 atom stereocenters. The minimum absolute atomic E-state index is 0.179. The van der Waals surface area contributed by atoms with E-state index in [1.807, 2.05) is 0 Å². The van der Waals surface area contributed by atoms with E-state index in [-0.39, 0.29) is 5.75 Å². The monoisotopic (exact) mass is 318 g/mol. The summed E-state index contributed by atoms with van der Waals surface area (Å²) in [4.78, 5) is 0. The van der Waals surface area contributed by atoms with Crippen LogP contribution in [0.25, 0.3) is 0 Å². The Morgan fingerprint density at radius 3 is 2.36 bits per heavy atom. The third-order valence-electron chi connectivity index (χ3n) is 1.35. The van der Waals surface area contributed by atoms with Crippen LogP contribution in [0.4, 0.5) is 13.2 Å². The normalized spacial score (nSPS) is 10.2. The third-order valence-corrected chi connectivity index (χ3v) is 1.35. The predicted octanol–water partition coefficient (Wildman–Crippen LogP) is 3.36. The van der Waals surface area contributed by atoms with Gasteiger partial charge in [0.2, 0.25) is 0 Å². The van der Waals surface area contributed by atoms with Gasteiger partial charge in [-0.15, -0.1) is 6.07 Å². The maximum absolute atomic E-state index is 12.1. The van der Waals surface area contributed by atoms with E-state index in [0.29, 0.717) is 0 Å². The van der Waals surface area contributed by atoms with Crippen LogP contribution >= 0.6 is 13.6 Å². The Kier molecular flexibility index (Phi) is 6.37. The molecule has 0 N–H and O–H groups in total. The zero-order chi connectivity index (χ0) is 11.2. The van der Waals surface area contributed by atoms with Crippen LogP contribution in [0.1, 0.15) is 5.56 Å². The summed E-state index contributed by atoms with van der Waals surface area (Å²) in [5, 5.41) is 0. The summed E-state index contributed by atoms with van der Waals surface area (Å²) in [5.41, 5.74) is -0.799. The summed E-state index contributed by atoms with van der Waals surface area (Å²) in [6.07, 6.45) is -4.37. The van der Waals surface area contributed by atoms with Gasteiger partial charge >= 0.3 is 36.1 Å². The van der Waals surface area contributed by atoms with Gasteiger partial charge in [0.05, 0.1) is 7.11 Å². The van der Waals surface area contributed by atoms with Gasteiger partial charge in [-0.3, -0.25) is 0 Å².